The number of thioether (sulfide) groups is 1. The number of carbonyl (C=O) groups excluding carboxylic acids is 2. The van der Waals surface area contributed by atoms with Crippen LogP contribution in [-0.4, -0.2) is 24.6 Å². The lowest BCUT2D eigenvalue weighted by atomic mass is 9.75. The molecule has 0 amide bonds. The van der Waals surface area contributed by atoms with Crippen LogP contribution in [-0.2, 0) is 20.0 Å². The lowest BCUT2D eigenvalue weighted by Crippen LogP contribution is -2.36. The fourth-order valence-corrected chi connectivity index (χ4v) is 5.08. The predicted octanol–water partition coefficient (Wildman–Crippen LogP) is 6.79. The molecule has 0 unspecified atom stereocenters. The fourth-order valence-electron chi connectivity index (χ4n) is 4.10. The molecule has 4 nitrogen and oxygen atoms in total. The zero-order valence-corrected chi connectivity index (χ0v) is 20.5. The van der Waals surface area contributed by atoms with Crippen molar-refractivity contribution in [2.45, 2.75) is 56.8 Å². The fraction of sp³-hybridized carbons (Fsp3) is 0.462. The van der Waals surface area contributed by atoms with Gasteiger partial charge in [-0.05, 0) is 72.6 Å². The summed E-state index contributed by atoms with van der Waals surface area (Å²) in [6.45, 7) is 6.16. The van der Waals surface area contributed by atoms with E-state index in [4.69, 9.17) is 21.1 Å². The summed E-state index contributed by atoms with van der Waals surface area (Å²) in [5.74, 6) is 1.15. The minimum Gasteiger partial charge on any atom is -0.460 e. The molecule has 0 bridgehead atoms. The van der Waals surface area contributed by atoms with E-state index in [2.05, 4.69) is 20.8 Å². The van der Waals surface area contributed by atoms with Crippen LogP contribution in [0.1, 0.15) is 56.0 Å². The van der Waals surface area contributed by atoms with Crippen molar-refractivity contribution in [1.82, 2.24) is 0 Å². The van der Waals surface area contributed by atoms with Gasteiger partial charge in [0.1, 0.15) is 6.10 Å². The average Bonchev–Trinajstić information content (AvgIpc) is 2.77. The second-order valence-electron chi connectivity index (χ2n) is 8.87. The molecule has 3 atom stereocenters. The molecule has 0 aliphatic heterocycles. The lowest BCUT2D eigenvalue weighted by Gasteiger charge is -2.36. The zero-order chi connectivity index (χ0) is 23.1. The van der Waals surface area contributed by atoms with Crippen molar-refractivity contribution in [2.24, 2.45) is 17.8 Å². The van der Waals surface area contributed by atoms with Gasteiger partial charge in [-0.1, -0.05) is 50.9 Å². The van der Waals surface area contributed by atoms with E-state index < -0.39 is 11.9 Å². The van der Waals surface area contributed by atoms with Crippen molar-refractivity contribution in [3.63, 3.8) is 0 Å². The van der Waals surface area contributed by atoms with E-state index in [1.165, 1.54) is 6.42 Å². The van der Waals surface area contributed by atoms with E-state index in [0.29, 0.717) is 28.3 Å². The van der Waals surface area contributed by atoms with E-state index in [1.54, 1.807) is 23.9 Å². The van der Waals surface area contributed by atoms with E-state index in [9.17, 15) is 9.59 Å². The highest BCUT2D eigenvalue weighted by atomic mass is 35.5. The second-order valence-corrected chi connectivity index (χ2v) is 10.4. The molecule has 2 aromatic carbocycles. The number of halogens is 1. The third kappa shape index (κ3) is 7.28. The highest BCUT2D eigenvalue weighted by molar-refractivity contribution is 7.98. The molecule has 172 valence electrons. The molecular weight excluding hydrogens is 444 g/mol. The first-order valence-electron chi connectivity index (χ1n) is 11.2. The molecule has 1 aliphatic carbocycles. The first-order valence-corrected chi connectivity index (χ1v) is 12.5. The average molecular weight is 475 g/mol. The lowest BCUT2D eigenvalue weighted by molar-refractivity contribution is -0.159. The molecule has 32 heavy (non-hydrogen) atoms. The number of benzene rings is 2. The maximum Gasteiger partial charge on any atom is 0.344 e. The predicted molar refractivity (Wildman–Crippen MR) is 129 cm³/mol. The van der Waals surface area contributed by atoms with Crippen molar-refractivity contribution in [2.75, 3.05) is 6.61 Å². The maximum absolute atomic E-state index is 12.3. The zero-order valence-electron chi connectivity index (χ0n) is 18.9. The number of hydrogen-bond donors (Lipinski definition) is 0. The van der Waals surface area contributed by atoms with Gasteiger partial charge in [-0.3, -0.25) is 0 Å². The Kier molecular flexibility index (Phi) is 9.06. The Labute approximate surface area is 200 Å². The van der Waals surface area contributed by atoms with Crippen LogP contribution in [0.25, 0.3) is 0 Å². The molecule has 1 aliphatic rings. The van der Waals surface area contributed by atoms with Crippen LogP contribution in [0.15, 0.2) is 53.4 Å². The number of hydrogen-bond acceptors (Lipinski definition) is 5. The maximum atomic E-state index is 12.3. The molecule has 2 aromatic rings. The molecule has 1 saturated carbocycles. The van der Waals surface area contributed by atoms with Gasteiger partial charge >= 0.3 is 11.9 Å². The van der Waals surface area contributed by atoms with Crippen LogP contribution in [0.4, 0.5) is 0 Å². The SMILES string of the molecule is CC(C)[C@H]1CC[C@@H](C)C[C@@H]1OC(=O)COC(=O)c1ccc(CSc2ccc(Cl)cc2)cc1. The molecule has 0 radical (unpaired) electrons. The number of rotatable bonds is 8. The van der Waals surface area contributed by atoms with Crippen molar-refractivity contribution < 1.29 is 19.1 Å². The largest absolute Gasteiger partial charge is 0.460 e. The topological polar surface area (TPSA) is 52.6 Å². The molecular formula is C26H31ClO4S. The number of carbonyl (C=O) groups is 2. The molecule has 0 saturated heterocycles. The van der Waals surface area contributed by atoms with E-state index in [0.717, 1.165) is 29.1 Å². The molecule has 3 rings (SSSR count). The third-order valence-corrected chi connectivity index (χ3v) is 7.31. The number of ether oxygens (including phenoxy) is 2. The van der Waals surface area contributed by atoms with Crippen molar-refractivity contribution in [3.05, 3.63) is 64.7 Å². The Balaban J connectivity index is 1.45. The Hall–Kier alpha value is -1.98. The summed E-state index contributed by atoms with van der Waals surface area (Å²) in [5.41, 5.74) is 1.51. The van der Waals surface area contributed by atoms with Gasteiger partial charge in [0, 0.05) is 15.7 Å². The van der Waals surface area contributed by atoms with Crippen LogP contribution in [0.5, 0.6) is 0 Å². The number of esters is 2. The highest BCUT2D eigenvalue weighted by Gasteiger charge is 2.33. The molecule has 0 heterocycles. The first kappa shape index (κ1) is 24.7. The molecule has 0 N–H and O–H groups in total. The van der Waals surface area contributed by atoms with Gasteiger partial charge < -0.3 is 9.47 Å². The van der Waals surface area contributed by atoms with Crippen LogP contribution in [0.2, 0.25) is 5.02 Å². The Bertz CT molecular complexity index is 895. The van der Waals surface area contributed by atoms with E-state index >= 15 is 0 Å². The van der Waals surface area contributed by atoms with Gasteiger partial charge in [-0.25, -0.2) is 9.59 Å². The third-order valence-electron chi connectivity index (χ3n) is 5.97. The Morgan fingerprint density at radius 3 is 2.41 bits per heavy atom. The van der Waals surface area contributed by atoms with Crippen LogP contribution in [0.3, 0.4) is 0 Å². The van der Waals surface area contributed by atoms with Crippen molar-refractivity contribution >= 4 is 35.3 Å². The summed E-state index contributed by atoms with van der Waals surface area (Å²) in [7, 11) is 0. The van der Waals surface area contributed by atoms with E-state index in [-0.39, 0.29) is 12.7 Å². The van der Waals surface area contributed by atoms with Gasteiger partial charge in [-0.2, -0.15) is 0 Å². The summed E-state index contributed by atoms with van der Waals surface area (Å²) in [6.07, 6.45) is 3.01. The minimum absolute atomic E-state index is 0.0950. The van der Waals surface area contributed by atoms with Gasteiger partial charge in [0.05, 0.1) is 5.56 Å². The Morgan fingerprint density at radius 1 is 1.06 bits per heavy atom. The monoisotopic (exact) mass is 474 g/mol. The van der Waals surface area contributed by atoms with Crippen LogP contribution < -0.4 is 0 Å². The summed E-state index contributed by atoms with van der Waals surface area (Å²) < 4.78 is 10.9. The standard InChI is InChI=1S/C26H31ClO4S/c1-17(2)23-13-4-18(3)14-24(23)31-25(28)15-30-26(29)20-7-5-19(6-8-20)16-32-22-11-9-21(27)10-12-22/h5-12,17-18,23-24H,4,13-16H2,1-3H3/t18-,23-,24+/m1/s1. The Morgan fingerprint density at radius 2 is 1.75 bits per heavy atom. The van der Waals surface area contributed by atoms with E-state index in [1.807, 2.05) is 36.4 Å². The molecule has 6 heteroatoms. The van der Waals surface area contributed by atoms with Gasteiger partial charge in [-0.15, -0.1) is 11.8 Å². The van der Waals surface area contributed by atoms with Crippen LogP contribution >= 0.6 is 23.4 Å². The second kappa shape index (κ2) is 11.8. The van der Waals surface area contributed by atoms with Gasteiger partial charge in [0.15, 0.2) is 6.61 Å². The highest BCUT2D eigenvalue weighted by Crippen LogP contribution is 2.35. The minimum atomic E-state index is -0.517. The summed E-state index contributed by atoms with van der Waals surface area (Å²) in [5, 5.41) is 0.717. The van der Waals surface area contributed by atoms with Crippen LogP contribution in [0, 0.1) is 17.8 Å². The molecule has 1 fully saturated rings. The smallest absolute Gasteiger partial charge is 0.344 e. The van der Waals surface area contributed by atoms with Gasteiger partial charge in [0.2, 0.25) is 0 Å². The quantitative estimate of drug-likeness (QED) is 0.311. The molecule has 0 aromatic heterocycles. The normalized spacial score (nSPS) is 20.7. The first-order chi connectivity index (χ1) is 15.3. The summed E-state index contributed by atoms with van der Waals surface area (Å²) in [6, 6.07) is 14.9. The van der Waals surface area contributed by atoms with Crippen molar-refractivity contribution in [1.29, 1.82) is 0 Å². The summed E-state index contributed by atoms with van der Waals surface area (Å²) >= 11 is 7.61. The van der Waals surface area contributed by atoms with Crippen molar-refractivity contribution in [3.8, 4) is 0 Å². The van der Waals surface area contributed by atoms with Gasteiger partial charge in [0.25, 0.3) is 0 Å². The molecule has 0 spiro atoms. The summed E-state index contributed by atoms with van der Waals surface area (Å²) in [4.78, 5) is 25.8.